The summed E-state index contributed by atoms with van der Waals surface area (Å²) in [5, 5.41) is 0. The van der Waals surface area contributed by atoms with Gasteiger partial charge in [-0.3, -0.25) is 4.99 Å². The quantitative estimate of drug-likeness (QED) is 0.646. The van der Waals surface area contributed by atoms with Gasteiger partial charge in [0.25, 0.3) is 0 Å². The Balaban J connectivity index is 2.06. The van der Waals surface area contributed by atoms with E-state index in [-0.39, 0.29) is 6.42 Å². The van der Waals surface area contributed by atoms with Crippen molar-refractivity contribution in [1.29, 1.82) is 0 Å². The first-order valence-corrected chi connectivity index (χ1v) is 9.99. The molecule has 1 atom stereocenters. The maximum Gasteiger partial charge on any atom is 0.338 e. The van der Waals surface area contributed by atoms with Gasteiger partial charge in [0.1, 0.15) is 11.4 Å². The van der Waals surface area contributed by atoms with Gasteiger partial charge in [0.15, 0.2) is 5.54 Å². The summed E-state index contributed by atoms with van der Waals surface area (Å²) in [5.41, 5.74) is 1.19. The van der Waals surface area contributed by atoms with Crippen LogP contribution in [0, 0.1) is 0 Å². The Morgan fingerprint density at radius 2 is 1.84 bits per heavy atom. The van der Waals surface area contributed by atoms with Crippen LogP contribution in [0.15, 0.2) is 59.6 Å². The lowest BCUT2D eigenvalue weighted by atomic mass is 9.87. The zero-order chi connectivity index (χ0) is 22.6. The molecule has 2 aromatic rings. The number of esters is 2. The van der Waals surface area contributed by atoms with Crippen LogP contribution in [0.5, 0.6) is 5.75 Å². The van der Waals surface area contributed by atoms with Gasteiger partial charge in [-0.2, -0.15) is 0 Å². The molecule has 0 N–H and O–H groups in total. The molecule has 31 heavy (non-hydrogen) atoms. The van der Waals surface area contributed by atoms with Gasteiger partial charge in [-0.1, -0.05) is 18.2 Å². The normalized spacial score (nSPS) is 17.5. The van der Waals surface area contributed by atoms with Crippen molar-refractivity contribution < 1.29 is 23.8 Å². The minimum atomic E-state index is -1.16. The Kier molecular flexibility index (Phi) is 6.29. The van der Waals surface area contributed by atoms with Crippen LogP contribution < -0.4 is 4.74 Å². The number of nitrogens with zero attached hydrogens (tertiary/aromatic N) is 1. The summed E-state index contributed by atoms with van der Waals surface area (Å²) in [5.74, 6) is -0.166. The van der Waals surface area contributed by atoms with E-state index in [0.29, 0.717) is 11.3 Å². The fourth-order valence-corrected chi connectivity index (χ4v) is 3.43. The van der Waals surface area contributed by atoms with Crippen molar-refractivity contribution in [3.8, 4) is 16.9 Å². The van der Waals surface area contributed by atoms with Gasteiger partial charge in [-0.05, 0) is 73.9 Å². The Morgan fingerprint density at radius 1 is 1.06 bits per heavy atom. The maximum atomic E-state index is 13.1. The number of hydrogen-bond acceptors (Lipinski definition) is 6. The van der Waals surface area contributed by atoms with Gasteiger partial charge in [0.05, 0.1) is 19.8 Å². The van der Waals surface area contributed by atoms with Gasteiger partial charge in [-0.15, -0.1) is 0 Å². The molecule has 162 valence electrons. The lowest BCUT2D eigenvalue weighted by Gasteiger charge is -2.29. The second kappa shape index (κ2) is 8.76. The number of hydrogen-bond donors (Lipinski definition) is 0. The molecule has 6 heteroatoms. The molecule has 0 amide bonds. The van der Waals surface area contributed by atoms with Crippen LogP contribution in [-0.4, -0.2) is 43.5 Å². The predicted molar refractivity (Wildman–Crippen MR) is 120 cm³/mol. The topological polar surface area (TPSA) is 74.2 Å². The van der Waals surface area contributed by atoms with E-state index in [0.717, 1.165) is 16.7 Å². The van der Waals surface area contributed by atoms with E-state index in [9.17, 15) is 9.59 Å². The standard InChI is InChI=1S/C25H27NO5/c1-24(2,3)31-23(28)25(12-7-13-26-25)16-19-15-20(29-4)10-11-21(19)17-8-6-9-18(14-17)22(27)30-5/h6-15H,16H2,1-5H3. The van der Waals surface area contributed by atoms with Gasteiger partial charge in [0.2, 0.25) is 0 Å². The molecule has 2 aromatic carbocycles. The Labute approximate surface area is 182 Å². The van der Waals surface area contributed by atoms with Gasteiger partial charge in [-0.25, -0.2) is 9.59 Å². The van der Waals surface area contributed by atoms with Crippen LogP contribution in [0.4, 0.5) is 0 Å². The van der Waals surface area contributed by atoms with Gasteiger partial charge < -0.3 is 14.2 Å². The highest BCUT2D eigenvalue weighted by molar-refractivity contribution is 5.93. The van der Waals surface area contributed by atoms with E-state index < -0.39 is 23.1 Å². The van der Waals surface area contributed by atoms with E-state index in [2.05, 4.69) is 4.99 Å². The molecular formula is C25H27NO5. The molecule has 0 aliphatic carbocycles. The number of carbonyl (C=O) groups is 2. The van der Waals surface area contributed by atoms with E-state index in [4.69, 9.17) is 14.2 Å². The average Bonchev–Trinajstić information content (AvgIpc) is 3.22. The first-order chi connectivity index (χ1) is 14.7. The predicted octanol–water partition coefficient (Wildman–Crippen LogP) is 4.41. The summed E-state index contributed by atoms with van der Waals surface area (Å²) in [7, 11) is 2.94. The van der Waals surface area contributed by atoms with Crippen molar-refractivity contribution in [3.63, 3.8) is 0 Å². The molecule has 0 bridgehead atoms. The third-order valence-corrected chi connectivity index (χ3v) is 4.88. The third kappa shape index (κ3) is 5.02. The summed E-state index contributed by atoms with van der Waals surface area (Å²) < 4.78 is 15.9. The van der Waals surface area contributed by atoms with Crippen LogP contribution in [0.3, 0.4) is 0 Å². The molecule has 0 fully saturated rings. The molecule has 3 rings (SSSR count). The summed E-state index contributed by atoms with van der Waals surface area (Å²) in [4.78, 5) is 29.6. The van der Waals surface area contributed by atoms with E-state index >= 15 is 0 Å². The van der Waals surface area contributed by atoms with Gasteiger partial charge >= 0.3 is 11.9 Å². The Morgan fingerprint density at radius 3 is 2.45 bits per heavy atom. The molecular weight excluding hydrogens is 394 g/mol. The largest absolute Gasteiger partial charge is 0.497 e. The SMILES string of the molecule is COC(=O)c1cccc(-c2ccc(OC)cc2CC2(C(=O)OC(C)(C)C)C=CC=N2)c1. The van der Waals surface area contributed by atoms with E-state index in [1.807, 2.05) is 45.0 Å². The van der Waals surface area contributed by atoms with Crippen molar-refractivity contribution in [2.24, 2.45) is 4.99 Å². The molecule has 0 saturated carbocycles. The maximum absolute atomic E-state index is 13.1. The number of rotatable bonds is 6. The fourth-order valence-electron chi connectivity index (χ4n) is 3.43. The monoisotopic (exact) mass is 421 g/mol. The lowest BCUT2D eigenvalue weighted by Crippen LogP contribution is -2.41. The molecule has 0 spiro atoms. The molecule has 6 nitrogen and oxygen atoms in total. The number of methoxy groups -OCH3 is 2. The third-order valence-electron chi connectivity index (χ3n) is 4.88. The first kappa shape index (κ1) is 22.3. The van der Waals surface area contributed by atoms with Crippen molar-refractivity contribution in [3.05, 3.63) is 65.7 Å². The fraction of sp³-hybridized carbons (Fsp3) is 0.320. The average molecular weight is 421 g/mol. The second-order valence-corrected chi connectivity index (χ2v) is 8.34. The highest BCUT2D eigenvalue weighted by atomic mass is 16.6. The highest BCUT2D eigenvalue weighted by Gasteiger charge is 2.41. The number of aliphatic imine (C=N–C) groups is 1. The molecule has 0 radical (unpaired) electrons. The van der Waals surface area contributed by atoms with Crippen LogP contribution >= 0.6 is 0 Å². The van der Waals surface area contributed by atoms with Crippen LogP contribution in [0.25, 0.3) is 11.1 Å². The molecule has 1 aliphatic heterocycles. The van der Waals surface area contributed by atoms with E-state index in [1.165, 1.54) is 7.11 Å². The summed E-state index contributed by atoms with van der Waals surface area (Å²) in [6.07, 6.45) is 5.41. The molecule has 1 unspecified atom stereocenters. The number of benzene rings is 2. The highest BCUT2D eigenvalue weighted by Crippen LogP contribution is 2.34. The minimum Gasteiger partial charge on any atom is -0.497 e. The van der Waals surface area contributed by atoms with Crippen molar-refractivity contribution in [2.75, 3.05) is 14.2 Å². The number of ether oxygens (including phenoxy) is 3. The minimum absolute atomic E-state index is 0.282. The van der Waals surface area contributed by atoms with Crippen molar-refractivity contribution >= 4 is 18.2 Å². The smallest absolute Gasteiger partial charge is 0.338 e. The van der Waals surface area contributed by atoms with Crippen molar-refractivity contribution in [1.82, 2.24) is 0 Å². The van der Waals surface area contributed by atoms with E-state index in [1.54, 1.807) is 43.7 Å². The Hall–Kier alpha value is -3.41. The lowest BCUT2D eigenvalue weighted by molar-refractivity contribution is -0.159. The Bertz CT molecular complexity index is 1030. The van der Waals surface area contributed by atoms with Crippen LogP contribution in [-0.2, 0) is 20.7 Å². The summed E-state index contributed by atoms with van der Waals surface area (Å²) in [6, 6.07) is 12.8. The van der Waals surface area contributed by atoms with Crippen molar-refractivity contribution in [2.45, 2.75) is 38.3 Å². The van der Waals surface area contributed by atoms with Crippen LogP contribution in [0.1, 0.15) is 36.7 Å². The first-order valence-electron chi connectivity index (χ1n) is 9.99. The molecule has 1 heterocycles. The molecule has 0 saturated heterocycles. The number of carbonyl (C=O) groups excluding carboxylic acids is 2. The zero-order valence-corrected chi connectivity index (χ0v) is 18.5. The zero-order valence-electron chi connectivity index (χ0n) is 18.5. The van der Waals surface area contributed by atoms with Gasteiger partial charge in [0, 0.05) is 12.6 Å². The second-order valence-electron chi connectivity index (χ2n) is 8.34. The number of allylic oxidation sites excluding steroid dienone is 1. The molecule has 1 aliphatic rings. The van der Waals surface area contributed by atoms with Crippen LogP contribution in [0.2, 0.25) is 0 Å². The summed E-state index contributed by atoms with van der Waals surface area (Å²) >= 11 is 0. The summed E-state index contributed by atoms with van der Waals surface area (Å²) in [6.45, 7) is 5.49. The molecule has 0 aromatic heterocycles.